The fraction of sp³-hybridized carbons (Fsp3) is 0.250. The average Bonchev–Trinajstić information content (AvgIpc) is 3.11. The zero-order valence-electron chi connectivity index (χ0n) is 14.9. The van der Waals surface area contributed by atoms with E-state index in [9.17, 15) is 9.59 Å². The molecule has 0 spiro atoms. The Morgan fingerprint density at radius 2 is 1.96 bits per heavy atom. The molecule has 0 aliphatic carbocycles. The number of aromatic nitrogens is 2. The lowest BCUT2D eigenvalue weighted by Crippen LogP contribution is -2.45. The maximum atomic E-state index is 12.4. The van der Waals surface area contributed by atoms with Crippen molar-refractivity contribution >= 4 is 34.7 Å². The normalized spacial score (nSPS) is 14.4. The minimum atomic E-state index is -0.0976. The number of rotatable bonds is 5. The second-order valence-electron chi connectivity index (χ2n) is 6.61. The molecule has 138 valence electrons. The fourth-order valence-corrected chi connectivity index (χ4v) is 3.37. The molecule has 2 aromatic heterocycles. The molecule has 0 bridgehead atoms. The second kappa shape index (κ2) is 7.49. The third kappa shape index (κ3) is 3.76. The van der Waals surface area contributed by atoms with Crippen LogP contribution in [0, 0.1) is 0 Å². The van der Waals surface area contributed by atoms with Crippen molar-refractivity contribution in [3.8, 4) is 0 Å². The van der Waals surface area contributed by atoms with Crippen molar-refractivity contribution < 1.29 is 9.59 Å². The molecule has 7 heteroatoms. The molecule has 0 atom stereocenters. The van der Waals surface area contributed by atoms with Crippen molar-refractivity contribution in [1.29, 1.82) is 0 Å². The van der Waals surface area contributed by atoms with Gasteiger partial charge in [0.25, 0.3) is 0 Å². The van der Waals surface area contributed by atoms with E-state index in [4.69, 9.17) is 0 Å². The van der Waals surface area contributed by atoms with Crippen LogP contribution in [0.3, 0.4) is 0 Å². The summed E-state index contributed by atoms with van der Waals surface area (Å²) >= 11 is 0. The summed E-state index contributed by atoms with van der Waals surface area (Å²) in [5.74, 6) is 0.440. The molecule has 7 nitrogen and oxygen atoms in total. The highest BCUT2D eigenvalue weighted by atomic mass is 16.1. The molecule has 0 unspecified atom stereocenters. The van der Waals surface area contributed by atoms with E-state index in [1.807, 2.05) is 42.6 Å². The Morgan fingerprint density at radius 1 is 1.15 bits per heavy atom. The standard InChI is InChI=1S/C20H21N5O2/c26-14-24-7-9-25(10-8-24)16-5-6-19(22-13-16)23-20(27)11-15-12-21-18-4-2-1-3-17(15)18/h1-6,12-14,21H,7-11H2,(H,22,23,27). The highest BCUT2D eigenvalue weighted by Gasteiger charge is 2.16. The number of hydrogen-bond acceptors (Lipinski definition) is 4. The molecular formula is C20H21N5O2. The third-order valence-electron chi connectivity index (χ3n) is 4.87. The molecule has 1 aliphatic heterocycles. The Kier molecular flexibility index (Phi) is 4.74. The van der Waals surface area contributed by atoms with E-state index in [0.29, 0.717) is 25.3 Å². The number of carbonyl (C=O) groups excluding carboxylic acids is 2. The summed E-state index contributed by atoms with van der Waals surface area (Å²) in [6.45, 7) is 3.00. The lowest BCUT2D eigenvalue weighted by atomic mass is 10.1. The molecular weight excluding hydrogens is 342 g/mol. The molecule has 1 aromatic carbocycles. The number of para-hydroxylation sites is 1. The van der Waals surface area contributed by atoms with Crippen LogP contribution in [0.4, 0.5) is 11.5 Å². The zero-order valence-corrected chi connectivity index (χ0v) is 14.9. The van der Waals surface area contributed by atoms with E-state index in [2.05, 4.69) is 20.2 Å². The Bertz CT molecular complexity index is 942. The van der Waals surface area contributed by atoms with Crippen LogP contribution in [0.5, 0.6) is 0 Å². The molecule has 4 rings (SSSR count). The maximum Gasteiger partial charge on any atom is 0.230 e. The van der Waals surface area contributed by atoms with Gasteiger partial charge >= 0.3 is 0 Å². The van der Waals surface area contributed by atoms with Gasteiger partial charge < -0.3 is 20.1 Å². The van der Waals surface area contributed by atoms with E-state index in [1.165, 1.54) is 0 Å². The topological polar surface area (TPSA) is 81.3 Å². The largest absolute Gasteiger partial charge is 0.367 e. The van der Waals surface area contributed by atoms with Crippen molar-refractivity contribution in [3.05, 3.63) is 54.4 Å². The summed E-state index contributed by atoms with van der Waals surface area (Å²) in [6.07, 6.45) is 4.82. The van der Waals surface area contributed by atoms with Gasteiger partial charge in [-0.15, -0.1) is 0 Å². The van der Waals surface area contributed by atoms with Crippen molar-refractivity contribution in [2.45, 2.75) is 6.42 Å². The number of benzene rings is 1. The first kappa shape index (κ1) is 17.1. The molecule has 0 radical (unpaired) electrons. The van der Waals surface area contributed by atoms with Crippen LogP contribution in [0.2, 0.25) is 0 Å². The van der Waals surface area contributed by atoms with Gasteiger partial charge in [0.1, 0.15) is 5.82 Å². The van der Waals surface area contributed by atoms with E-state index in [1.54, 1.807) is 11.1 Å². The van der Waals surface area contributed by atoms with Crippen LogP contribution in [-0.2, 0) is 16.0 Å². The molecule has 3 aromatic rings. The number of aromatic amines is 1. The number of pyridine rings is 1. The summed E-state index contributed by atoms with van der Waals surface area (Å²) in [6, 6.07) is 11.7. The smallest absolute Gasteiger partial charge is 0.230 e. The number of anilines is 2. The Balaban J connectivity index is 1.37. The van der Waals surface area contributed by atoms with E-state index in [0.717, 1.165) is 41.7 Å². The fourth-order valence-electron chi connectivity index (χ4n) is 3.37. The van der Waals surface area contributed by atoms with Crippen LogP contribution < -0.4 is 10.2 Å². The Morgan fingerprint density at radius 3 is 2.70 bits per heavy atom. The van der Waals surface area contributed by atoms with Crippen LogP contribution in [-0.4, -0.2) is 53.4 Å². The predicted molar refractivity (Wildman–Crippen MR) is 105 cm³/mol. The number of carbonyl (C=O) groups is 2. The lowest BCUT2D eigenvalue weighted by Gasteiger charge is -2.33. The van der Waals surface area contributed by atoms with Gasteiger partial charge in [0, 0.05) is 43.3 Å². The second-order valence-corrected chi connectivity index (χ2v) is 6.61. The average molecular weight is 363 g/mol. The van der Waals surface area contributed by atoms with Crippen LogP contribution >= 0.6 is 0 Å². The summed E-state index contributed by atoms with van der Waals surface area (Å²) in [5, 5.41) is 3.91. The molecule has 1 fully saturated rings. The van der Waals surface area contributed by atoms with Gasteiger partial charge in [0.05, 0.1) is 18.3 Å². The summed E-state index contributed by atoms with van der Waals surface area (Å²) < 4.78 is 0. The third-order valence-corrected chi connectivity index (χ3v) is 4.87. The summed E-state index contributed by atoms with van der Waals surface area (Å²) in [7, 11) is 0. The molecule has 27 heavy (non-hydrogen) atoms. The molecule has 1 aliphatic rings. The first-order valence-corrected chi connectivity index (χ1v) is 8.98. The predicted octanol–water partition coefficient (Wildman–Crippen LogP) is 2.02. The van der Waals surface area contributed by atoms with Gasteiger partial charge in [0.2, 0.25) is 12.3 Å². The van der Waals surface area contributed by atoms with Crippen molar-refractivity contribution in [2.75, 3.05) is 36.4 Å². The van der Waals surface area contributed by atoms with E-state index >= 15 is 0 Å². The van der Waals surface area contributed by atoms with Crippen molar-refractivity contribution in [2.24, 2.45) is 0 Å². The minimum absolute atomic E-state index is 0.0976. The van der Waals surface area contributed by atoms with Gasteiger partial charge in [-0.3, -0.25) is 9.59 Å². The molecule has 2 amide bonds. The molecule has 3 heterocycles. The van der Waals surface area contributed by atoms with Crippen molar-refractivity contribution in [3.63, 3.8) is 0 Å². The first-order valence-electron chi connectivity index (χ1n) is 8.98. The SMILES string of the molecule is O=CN1CCN(c2ccc(NC(=O)Cc3c[nH]c4ccccc34)nc2)CC1. The number of amides is 2. The minimum Gasteiger partial charge on any atom is -0.367 e. The highest BCUT2D eigenvalue weighted by Crippen LogP contribution is 2.19. The van der Waals surface area contributed by atoms with Crippen LogP contribution in [0.1, 0.15) is 5.56 Å². The highest BCUT2D eigenvalue weighted by molar-refractivity contribution is 5.95. The van der Waals surface area contributed by atoms with Gasteiger partial charge in [-0.2, -0.15) is 0 Å². The van der Waals surface area contributed by atoms with Gasteiger partial charge in [-0.25, -0.2) is 4.98 Å². The monoisotopic (exact) mass is 363 g/mol. The van der Waals surface area contributed by atoms with Gasteiger partial charge in [-0.05, 0) is 23.8 Å². The molecule has 0 saturated carbocycles. The maximum absolute atomic E-state index is 12.4. The number of piperazine rings is 1. The number of nitrogens with one attached hydrogen (secondary N) is 2. The number of fused-ring (bicyclic) bond motifs is 1. The zero-order chi connectivity index (χ0) is 18.6. The molecule has 1 saturated heterocycles. The Hall–Kier alpha value is -3.35. The first-order chi connectivity index (χ1) is 13.2. The van der Waals surface area contributed by atoms with Gasteiger partial charge in [-0.1, -0.05) is 18.2 Å². The van der Waals surface area contributed by atoms with E-state index < -0.39 is 0 Å². The number of hydrogen-bond donors (Lipinski definition) is 2. The number of nitrogens with zero attached hydrogens (tertiary/aromatic N) is 3. The molecule has 2 N–H and O–H groups in total. The summed E-state index contributed by atoms with van der Waals surface area (Å²) in [4.78, 5) is 34.6. The number of H-pyrrole nitrogens is 1. The Labute approximate surface area is 157 Å². The van der Waals surface area contributed by atoms with Crippen molar-refractivity contribution in [1.82, 2.24) is 14.9 Å². The lowest BCUT2D eigenvalue weighted by molar-refractivity contribution is -0.118. The summed E-state index contributed by atoms with van der Waals surface area (Å²) in [5.41, 5.74) is 2.99. The van der Waals surface area contributed by atoms with Gasteiger partial charge in [0.15, 0.2) is 0 Å². The van der Waals surface area contributed by atoms with Crippen LogP contribution in [0.25, 0.3) is 10.9 Å². The van der Waals surface area contributed by atoms with E-state index in [-0.39, 0.29) is 5.91 Å². The quantitative estimate of drug-likeness (QED) is 0.680. The van der Waals surface area contributed by atoms with Crippen LogP contribution in [0.15, 0.2) is 48.8 Å².